The number of amides is 2. The van der Waals surface area contributed by atoms with Crippen molar-refractivity contribution in [3.8, 4) is 22.4 Å². The van der Waals surface area contributed by atoms with Gasteiger partial charge in [-0.3, -0.25) is 19.6 Å². The lowest BCUT2D eigenvalue weighted by Gasteiger charge is -2.21. The number of halogens is 1. The number of aromatic amines is 2. The quantitative estimate of drug-likeness (QED) is 0.361. The second-order valence-electron chi connectivity index (χ2n) is 7.89. The lowest BCUT2D eigenvalue weighted by Crippen LogP contribution is -2.36. The maximum absolute atomic E-state index is 12.2. The molecule has 0 saturated heterocycles. The topological polar surface area (TPSA) is 123 Å². The Labute approximate surface area is 198 Å². The molecule has 0 radical (unpaired) electrons. The number of H-pyrrole nitrogens is 2. The molecule has 176 valence electrons. The maximum atomic E-state index is 12.2. The van der Waals surface area contributed by atoms with Gasteiger partial charge in [0.1, 0.15) is 5.69 Å². The van der Waals surface area contributed by atoms with Crippen molar-refractivity contribution in [1.29, 1.82) is 0 Å². The third-order valence-corrected chi connectivity index (χ3v) is 5.75. The van der Waals surface area contributed by atoms with Gasteiger partial charge in [0.05, 0.1) is 18.4 Å². The summed E-state index contributed by atoms with van der Waals surface area (Å²) < 4.78 is 0. The van der Waals surface area contributed by atoms with E-state index in [9.17, 15) is 9.59 Å². The second kappa shape index (κ2) is 11.1. The maximum Gasteiger partial charge on any atom is 0.267 e. The molecule has 9 nitrogen and oxygen atoms in total. The summed E-state index contributed by atoms with van der Waals surface area (Å²) in [5.74, 6) is -0.147. The summed E-state index contributed by atoms with van der Waals surface area (Å²) in [7, 11) is 3.69. The summed E-state index contributed by atoms with van der Waals surface area (Å²) in [4.78, 5) is 30.9. The van der Waals surface area contributed by atoms with Crippen molar-refractivity contribution in [1.82, 2.24) is 30.3 Å². The van der Waals surface area contributed by atoms with Gasteiger partial charge in [-0.25, -0.2) is 0 Å². The number of nitrogens with zero attached hydrogens (tertiary/aromatic N) is 3. The Bertz CT molecular complexity index is 1110. The molecule has 0 saturated carbocycles. The molecule has 2 amide bonds. The number of nitrogens with two attached hydrogens (primary N) is 1. The number of carbonyl (C=O) groups is 2. The zero-order chi connectivity index (χ0) is 24.0. The van der Waals surface area contributed by atoms with Gasteiger partial charge in [-0.05, 0) is 37.2 Å². The van der Waals surface area contributed by atoms with Crippen molar-refractivity contribution < 1.29 is 9.59 Å². The molecule has 10 heteroatoms. The number of rotatable bonds is 10. The number of hydrogen-bond acceptors (Lipinski definition) is 5. The summed E-state index contributed by atoms with van der Waals surface area (Å²) >= 11 is 6.59. The molecule has 2 aromatic heterocycles. The van der Waals surface area contributed by atoms with Gasteiger partial charge in [0, 0.05) is 55.6 Å². The highest BCUT2D eigenvalue weighted by Gasteiger charge is 2.16. The van der Waals surface area contributed by atoms with Crippen LogP contribution in [-0.4, -0.2) is 77.1 Å². The summed E-state index contributed by atoms with van der Waals surface area (Å²) in [6.45, 7) is 4.29. The van der Waals surface area contributed by atoms with E-state index in [2.05, 4.69) is 20.5 Å². The minimum Gasteiger partial charge on any atom is -0.357 e. The fourth-order valence-corrected chi connectivity index (χ4v) is 3.63. The first-order valence-corrected chi connectivity index (χ1v) is 11.1. The van der Waals surface area contributed by atoms with Crippen LogP contribution in [0.25, 0.3) is 22.4 Å². The highest BCUT2D eigenvalue weighted by Crippen LogP contribution is 2.33. The van der Waals surface area contributed by atoms with Crippen LogP contribution >= 0.6 is 11.6 Å². The van der Waals surface area contributed by atoms with Crippen LogP contribution < -0.4 is 11.1 Å². The molecule has 0 fully saturated rings. The number of carbonyl (C=O) groups excluding carboxylic acids is 2. The number of nitrogens with one attached hydrogen (secondary N) is 3. The molecule has 33 heavy (non-hydrogen) atoms. The first-order chi connectivity index (χ1) is 15.8. The zero-order valence-corrected chi connectivity index (χ0v) is 19.9. The van der Waals surface area contributed by atoms with E-state index in [1.54, 1.807) is 30.4 Å². The van der Waals surface area contributed by atoms with Gasteiger partial charge in [-0.2, -0.15) is 5.10 Å². The van der Waals surface area contributed by atoms with Gasteiger partial charge in [0.2, 0.25) is 5.91 Å². The lowest BCUT2D eigenvalue weighted by atomic mass is 10.0. The van der Waals surface area contributed by atoms with Gasteiger partial charge >= 0.3 is 0 Å². The van der Waals surface area contributed by atoms with Crippen molar-refractivity contribution >= 4 is 23.4 Å². The summed E-state index contributed by atoms with van der Waals surface area (Å²) in [6, 6.07) is 7.59. The van der Waals surface area contributed by atoms with Crippen LogP contribution in [0.1, 0.15) is 23.0 Å². The van der Waals surface area contributed by atoms with Crippen LogP contribution in [0.4, 0.5) is 0 Å². The molecule has 3 rings (SSSR count). The number of benzene rings is 1. The minimum absolute atomic E-state index is 0.0679. The predicted molar refractivity (Wildman–Crippen MR) is 130 cm³/mol. The Morgan fingerprint density at radius 3 is 2.70 bits per heavy atom. The van der Waals surface area contributed by atoms with Gasteiger partial charge in [0.25, 0.3) is 5.91 Å². The molecular weight excluding hydrogens is 442 g/mol. The van der Waals surface area contributed by atoms with E-state index >= 15 is 0 Å². The first kappa shape index (κ1) is 24.5. The molecule has 0 unspecified atom stereocenters. The Morgan fingerprint density at radius 2 is 2.00 bits per heavy atom. The predicted octanol–water partition coefficient (Wildman–Crippen LogP) is 2.32. The van der Waals surface area contributed by atoms with Gasteiger partial charge in [-0.1, -0.05) is 23.7 Å². The number of aromatic nitrogens is 3. The van der Waals surface area contributed by atoms with Crippen molar-refractivity contribution in [3.63, 3.8) is 0 Å². The molecule has 0 spiro atoms. The molecule has 0 bridgehead atoms. The Balaban J connectivity index is 1.75. The van der Waals surface area contributed by atoms with Crippen molar-refractivity contribution in [3.05, 3.63) is 52.9 Å². The van der Waals surface area contributed by atoms with Gasteiger partial charge in [-0.15, -0.1) is 0 Å². The van der Waals surface area contributed by atoms with E-state index in [1.807, 2.05) is 37.1 Å². The molecule has 0 aliphatic rings. The third kappa shape index (κ3) is 6.01. The van der Waals surface area contributed by atoms with Crippen molar-refractivity contribution in [2.75, 3.05) is 40.3 Å². The molecule has 3 aromatic rings. The molecule has 5 N–H and O–H groups in total. The number of hydrogen-bond donors (Lipinski definition) is 4. The third-order valence-electron chi connectivity index (χ3n) is 5.40. The van der Waals surface area contributed by atoms with E-state index in [0.717, 1.165) is 27.9 Å². The highest BCUT2D eigenvalue weighted by molar-refractivity contribution is 6.31. The smallest absolute Gasteiger partial charge is 0.267 e. The largest absolute Gasteiger partial charge is 0.357 e. The van der Waals surface area contributed by atoms with Gasteiger partial charge in [0.15, 0.2) is 0 Å². The van der Waals surface area contributed by atoms with Crippen LogP contribution in [0.5, 0.6) is 0 Å². The van der Waals surface area contributed by atoms with Crippen LogP contribution in [0, 0.1) is 0 Å². The van der Waals surface area contributed by atoms with Crippen molar-refractivity contribution in [2.24, 2.45) is 5.73 Å². The Morgan fingerprint density at radius 1 is 1.21 bits per heavy atom. The Kier molecular flexibility index (Phi) is 8.26. The summed E-state index contributed by atoms with van der Waals surface area (Å²) in [5.41, 5.74) is 10.2. The molecule has 0 aliphatic heterocycles. The van der Waals surface area contributed by atoms with Crippen LogP contribution in [0.3, 0.4) is 0 Å². The summed E-state index contributed by atoms with van der Waals surface area (Å²) in [5, 5.41) is 10.5. The molecule has 2 heterocycles. The Hall–Kier alpha value is -3.14. The normalized spacial score (nSPS) is 11.1. The van der Waals surface area contributed by atoms with Crippen LogP contribution in [0.15, 0.2) is 36.7 Å². The van der Waals surface area contributed by atoms with E-state index in [0.29, 0.717) is 43.4 Å². The zero-order valence-electron chi connectivity index (χ0n) is 19.1. The number of likely N-dealkylation sites (N-methyl/N-ethyl adjacent to an activating group) is 2. The fraction of sp³-hybridized carbons (Fsp3) is 0.348. The van der Waals surface area contributed by atoms with Crippen LogP contribution in [0.2, 0.25) is 5.02 Å². The molecule has 1 aromatic carbocycles. The lowest BCUT2D eigenvalue weighted by molar-refractivity contribution is -0.130. The highest BCUT2D eigenvalue weighted by atomic mass is 35.5. The van der Waals surface area contributed by atoms with E-state index in [4.69, 9.17) is 17.3 Å². The van der Waals surface area contributed by atoms with E-state index < -0.39 is 0 Å². The SMILES string of the molecule is CCN(C)C(=O)CN(C)Cc1ccc(-c2cn[nH]c2-c2c[nH]c(C(=O)NCCN)c2)cc1Cl. The van der Waals surface area contributed by atoms with E-state index in [1.165, 1.54) is 0 Å². The standard InChI is InChI=1S/C23H30ClN7O2/c1-4-31(3)21(32)14-30(2)13-16-6-5-15(9-19(16)24)18-12-28-29-22(18)17-10-20(27-11-17)23(33)26-8-7-25/h5-6,9-12,27H,4,7-8,13-14,25H2,1-3H3,(H,26,33)(H,28,29). The molecule has 0 atom stereocenters. The average Bonchev–Trinajstić information content (AvgIpc) is 3.47. The minimum atomic E-state index is -0.215. The second-order valence-corrected chi connectivity index (χ2v) is 8.30. The summed E-state index contributed by atoms with van der Waals surface area (Å²) in [6.07, 6.45) is 3.48. The molecular formula is C23H30ClN7O2. The van der Waals surface area contributed by atoms with Crippen molar-refractivity contribution in [2.45, 2.75) is 13.5 Å². The van der Waals surface area contributed by atoms with E-state index in [-0.39, 0.29) is 11.8 Å². The molecule has 0 aliphatic carbocycles. The van der Waals surface area contributed by atoms with Crippen LogP contribution in [-0.2, 0) is 11.3 Å². The fourth-order valence-electron chi connectivity index (χ4n) is 3.39. The monoisotopic (exact) mass is 471 g/mol. The first-order valence-electron chi connectivity index (χ1n) is 10.8. The average molecular weight is 472 g/mol. The van der Waals surface area contributed by atoms with Gasteiger partial charge < -0.3 is 20.9 Å².